The lowest BCUT2D eigenvalue weighted by molar-refractivity contribution is -0.274. The number of nitrogens with one attached hydrogen (secondary N) is 1. The number of rotatable bonds is 7. The Balaban J connectivity index is 1.23. The third-order valence-corrected chi connectivity index (χ3v) is 7.56. The molecule has 0 spiro atoms. The molecular weight excluding hydrogens is 549 g/mol. The van der Waals surface area contributed by atoms with Crippen LogP contribution in [0.2, 0.25) is 5.15 Å². The Hall–Kier alpha value is -3.47. The van der Waals surface area contributed by atoms with Gasteiger partial charge in [0.05, 0.1) is 15.7 Å². The standard InChI is InChI=1S/C28H24ClF3N4O2S/c29-24-16-20(9-12-33-24)27(37)35-22-7-8-23-26(34-17-39-23)25(22)19-10-14-36(15-11-19)13-1-2-18-3-5-21(6-4-18)38-28(30,31)32/h1-9,12,16-17,19H,10-11,13-15H2,(H,35,37)/b2-1+. The molecule has 5 rings (SSSR count). The van der Waals surface area contributed by atoms with Crippen LogP contribution in [0, 0.1) is 0 Å². The van der Waals surface area contributed by atoms with Gasteiger partial charge in [-0.15, -0.1) is 24.5 Å². The summed E-state index contributed by atoms with van der Waals surface area (Å²) in [7, 11) is 0. The molecule has 39 heavy (non-hydrogen) atoms. The van der Waals surface area contributed by atoms with Crippen LogP contribution < -0.4 is 10.1 Å². The maximum atomic E-state index is 13.0. The monoisotopic (exact) mass is 572 g/mol. The van der Waals surface area contributed by atoms with Gasteiger partial charge in [-0.05, 0) is 73.8 Å². The molecule has 0 bridgehead atoms. The van der Waals surface area contributed by atoms with Gasteiger partial charge in [-0.1, -0.05) is 35.9 Å². The minimum Gasteiger partial charge on any atom is -0.406 e. The number of fused-ring (bicyclic) bond motifs is 1. The van der Waals surface area contributed by atoms with Crippen LogP contribution in [-0.4, -0.2) is 46.8 Å². The number of likely N-dealkylation sites (tertiary alicyclic amines) is 1. The van der Waals surface area contributed by atoms with Gasteiger partial charge in [0.1, 0.15) is 10.9 Å². The molecule has 0 saturated carbocycles. The number of piperidine rings is 1. The second-order valence-electron chi connectivity index (χ2n) is 9.14. The van der Waals surface area contributed by atoms with Crippen LogP contribution in [0.3, 0.4) is 0 Å². The number of alkyl halides is 3. The molecule has 1 saturated heterocycles. The van der Waals surface area contributed by atoms with Crippen LogP contribution in [0.1, 0.15) is 40.2 Å². The number of aromatic nitrogens is 2. The Kier molecular flexibility index (Phi) is 8.15. The first kappa shape index (κ1) is 27.1. The van der Waals surface area contributed by atoms with Gasteiger partial charge in [-0.25, -0.2) is 9.97 Å². The van der Waals surface area contributed by atoms with E-state index in [1.54, 1.807) is 29.5 Å². The number of amides is 1. The van der Waals surface area contributed by atoms with E-state index >= 15 is 0 Å². The van der Waals surface area contributed by atoms with Gasteiger partial charge in [0, 0.05) is 29.6 Å². The van der Waals surface area contributed by atoms with E-state index in [0.717, 1.165) is 59.5 Å². The summed E-state index contributed by atoms with van der Waals surface area (Å²) in [6, 6.07) is 12.9. The molecule has 2 aromatic heterocycles. The van der Waals surface area contributed by atoms with Gasteiger partial charge in [-0.3, -0.25) is 9.69 Å². The fourth-order valence-electron chi connectivity index (χ4n) is 4.74. The molecule has 0 radical (unpaired) electrons. The first-order valence-corrected chi connectivity index (χ1v) is 13.5. The quantitative estimate of drug-likeness (QED) is 0.234. The van der Waals surface area contributed by atoms with Crippen LogP contribution in [0.15, 0.2) is 66.3 Å². The molecule has 0 aliphatic carbocycles. The predicted octanol–water partition coefficient (Wildman–Crippen LogP) is 7.39. The molecule has 1 aliphatic heterocycles. The Morgan fingerprint density at radius 2 is 1.90 bits per heavy atom. The number of ether oxygens (including phenoxy) is 1. The zero-order valence-electron chi connectivity index (χ0n) is 20.6. The lowest BCUT2D eigenvalue weighted by Gasteiger charge is -2.32. The number of hydrogen-bond acceptors (Lipinski definition) is 6. The summed E-state index contributed by atoms with van der Waals surface area (Å²) in [5.41, 5.74) is 5.78. The van der Waals surface area contributed by atoms with E-state index in [4.69, 9.17) is 11.6 Å². The van der Waals surface area contributed by atoms with Crippen molar-refractivity contribution in [3.8, 4) is 5.75 Å². The van der Waals surface area contributed by atoms with Gasteiger partial charge in [0.25, 0.3) is 5.91 Å². The fraction of sp³-hybridized carbons (Fsp3) is 0.250. The fourth-order valence-corrected chi connectivity index (χ4v) is 5.60. The Labute approximate surface area is 232 Å². The number of halogens is 4. The molecule has 1 amide bonds. The van der Waals surface area contributed by atoms with Crippen LogP contribution >= 0.6 is 22.9 Å². The highest BCUT2D eigenvalue weighted by Crippen LogP contribution is 2.39. The van der Waals surface area contributed by atoms with E-state index in [1.807, 2.05) is 29.8 Å². The van der Waals surface area contributed by atoms with E-state index in [0.29, 0.717) is 5.56 Å². The molecule has 6 nitrogen and oxygen atoms in total. The minimum atomic E-state index is -4.70. The van der Waals surface area contributed by atoms with Gasteiger partial charge in [-0.2, -0.15) is 0 Å². The normalized spacial score (nSPS) is 15.2. The van der Waals surface area contributed by atoms with Crippen molar-refractivity contribution in [1.29, 1.82) is 0 Å². The summed E-state index contributed by atoms with van der Waals surface area (Å²) in [6.07, 6.45) is 2.50. The summed E-state index contributed by atoms with van der Waals surface area (Å²) in [4.78, 5) is 23.8. The maximum Gasteiger partial charge on any atom is 0.573 e. The third kappa shape index (κ3) is 6.95. The summed E-state index contributed by atoms with van der Waals surface area (Å²) >= 11 is 7.54. The lowest BCUT2D eigenvalue weighted by Crippen LogP contribution is -2.33. The molecule has 2 aromatic carbocycles. The number of anilines is 1. The summed E-state index contributed by atoms with van der Waals surface area (Å²) in [5.74, 6) is -0.263. The number of hydrogen-bond donors (Lipinski definition) is 1. The van der Waals surface area contributed by atoms with Crippen LogP contribution in [-0.2, 0) is 0 Å². The Morgan fingerprint density at radius 1 is 1.13 bits per heavy atom. The average molecular weight is 573 g/mol. The summed E-state index contributed by atoms with van der Waals surface area (Å²) in [6.45, 7) is 2.45. The van der Waals surface area contributed by atoms with Crippen molar-refractivity contribution >= 4 is 50.8 Å². The molecule has 202 valence electrons. The third-order valence-electron chi connectivity index (χ3n) is 6.56. The Bertz CT molecular complexity index is 1480. The number of thiazole rings is 1. The van der Waals surface area contributed by atoms with Gasteiger partial charge in [0.15, 0.2) is 0 Å². The summed E-state index contributed by atoms with van der Waals surface area (Å²) < 4.78 is 42.0. The Morgan fingerprint density at radius 3 is 2.62 bits per heavy atom. The van der Waals surface area contributed by atoms with E-state index in [2.05, 4.69) is 24.9 Å². The summed E-state index contributed by atoms with van der Waals surface area (Å²) in [5, 5.41) is 3.31. The first-order valence-electron chi connectivity index (χ1n) is 12.3. The van der Waals surface area contributed by atoms with Crippen molar-refractivity contribution in [2.24, 2.45) is 0 Å². The van der Waals surface area contributed by atoms with Gasteiger partial charge < -0.3 is 10.1 Å². The average Bonchev–Trinajstić information content (AvgIpc) is 3.38. The highest BCUT2D eigenvalue weighted by Gasteiger charge is 2.31. The van der Waals surface area contributed by atoms with Crippen molar-refractivity contribution in [3.63, 3.8) is 0 Å². The molecular formula is C28H24ClF3N4O2S. The van der Waals surface area contributed by atoms with Crippen molar-refractivity contribution in [1.82, 2.24) is 14.9 Å². The van der Waals surface area contributed by atoms with E-state index in [-0.39, 0.29) is 22.7 Å². The molecule has 1 aliphatic rings. The van der Waals surface area contributed by atoms with Crippen molar-refractivity contribution in [2.75, 3.05) is 25.0 Å². The number of carbonyl (C=O) groups excluding carboxylic acids is 1. The van der Waals surface area contributed by atoms with E-state index in [9.17, 15) is 18.0 Å². The highest BCUT2D eigenvalue weighted by atomic mass is 35.5. The van der Waals surface area contributed by atoms with E-state index < -0.39 is 6.36 Å². The van der Waals surface area contributed by atoms with Crippen molar-refractivity contribution in [2.45, 2.75) is 25.1 Å². The number of carbonyl (C=O) groups is 1. The molecule has 4 aromatic rings. The second kappa shape index (κ2) is 11.7. The molecule has 1 fully saturated rings. The molecule has 0 atom stereocenters. The van der Waals surface area contributed by atoms with Crippen LogP contribution in [0.4, 0.5) is 18.9 Å². The number of benzene rings is 2. The zero-order chi connectivity index (χ0) is 27.4. The molecule has 3 heterocycles. The molecule has 11 heteroatoms. The van der Waals surface area contributed by atoms with Gasteiger partial charge >= 0.3 is 6.36 Å². The van der Waals surface area contributed by atoms with Gasteiger partial charge in [0.2, 0.25) is 0 Å². The zero-order valence-corrected chi connectivity index (χ0v) is 22.2. The number of nitrogens with zero attached hydrogens (tertiary/aromatic N) is 3. The second-order valence-corrected chi connectivity index (χ2v) is 10.4. The topological polar surface area (TPSA) is 67.4 Å². The predicted molar refractivity (Wildman–Crippen MR) is 147 cm³/mol. The molecule has 0 unspecified atom stereocenters. The van der Waals surface area contributed by atoms with Crippen molar-refractivity contribution in [3.05, 3.63) is 88.2 Å². The lowest BCUT2D eigenvalue weighted by atomic mass is 9.87. The van der Waals surface area contributed by atoms with Crippen LogP contribution in [0.5, 0.6) is 5.75 Å². The first-order chi connectivity index (χ1) is 18.7. The SMILES string of the molecule is O=C(Nc1ccc2scnc2c1C1CCN(C/C=C/c2ccc(OC(F)(F)F)cc2)CC1)c1ccnc(Cl)c1. The minimum absolute atomic E-state index is 0.230. The molecule has 1 N–H and O–H groups in total. The largest absolute Gasteiger partial charge is 0.573 e. The maximum absolute atomic E-state index is 13.0. The highest BCUT2D eigenvalue weighted by molar-refractivity contribution is 7.16. The smallest absolute Gasteiger partial charge is 0.406 e. The number of pyridine rings is 1. The van der Waals surface area contributed by atoms with E-state index in [1.165, 1.54) is 24.4 Å². The van der Waals surface area contributed by atoms with Crippen molar-refractivity contribution < 1.29 is 22.7 Å². The van der Waals surface area contributed by atoms with Crippen LogP contribution in [0.25, 0.3) is 16.3 Å².